The molecule has 1 rings (SSSR count). The van der Waals surface area contributed by atoms with E-state index in [9.17, 15) is 14.7 Å². The van der Waals surface area contributed by atoms with Gasteiger partial charge in [0.1, 0.15) is 0 Å². The monoisotopic (exact) mass is 364 g/mol. The minimum Gasteiger partial charge on any atom is -0.481 e. The van der Waals surface area contributed by atoms with E-state index in [1.54, 1.807) is 11.3 Å². The average molecular weight is 365 g/mol. The summed E-state index contributed by atoms with van der Waals surface area (Å²) in [5.41, 5.74) is -1.46. The lowest BCUT2D eigenvalue weighted by Gasteiger charge is -2.21. The molecule has 0 bridgehead atoms. The predicted molar refractivity (Wildman–Crippen MR) is 80.0 cm³/mol. The Morgan fingerprint density at radius 1 is 1.40 bits per heavy atom. The van der Waals surface area contributed by atoms with Crippen molar-refractivity contribution >= 4 is 39.3 Å². The molecule has 0 aromatic carbocycles. The zero-order valence-corrected chi connectivity index (χ0v) is 13.4. The summed E-state index contributed by atoms with van der Waals surface area (Å²) in [5.74, 6) is -1.11. The summed E-state index contributed by atoms with van der Waals surface area (Å²) in [4.78, 5) is 23.1. The number of aliphatic carboxylic acids is 1. The van der Waals surface area contributed by atoms with Crippen LogP contribution >= 0.6 is 27.3 Å². The number of nitrogens with one attached hydrogen (secondary N) is 2. The SMILES string of the molecule is CC(O)(CNC(=O)NCCc1ccc(Br)s1)CC(=O)O. The highest BCUT2D eigenvalue weighted by Gasteiger charge is 2.24. The molecule has 0 spiro atoms. The van der Waals surface area contributed by atoms with Crippen LogP contribution in [-0.2, 0) is 11.2 Å². The van der Waals surface area contributed by atoms with Crippen molar-refractivity contribution in [3.05, 3.63) is 20.8 Å². The van der Waals surface area contributed by atoms with Gasteiger partial charge >= 0.3 is 12.0 Å². The molecule has 1 aromatic heterocycles. The lowest BCUT2D eigenvalue weighted by Crippen LogP contribution is -2.46. The molecule has 4 N–H and O–H groups in total. The number of hydrogen-bond acceptors (Lipinski definition) is 4. The van der Waals surface area contributed by atoms with Gasteiger partial charge in [0.2, 0.25) is 0 Å². The number of thiophene rings is 1. The van der Waals surface area contributed by atoms with Crippen molar-refractivity contribution in [3.8, 4) is 0 Å². The van der Waals surface area contributed by atoms with Crippen molar-refractivity contribution in [2.24, 2.45) is 0 Å². The van der Waals surface area contributed by atoms with Gasteiger partial charge < -0.3 is 20.8 Å². The van der Waals surface area contributed by atoms with Crippen molar-refractivity contribution < 1.29 is 19.8 Å². The third-order valence-electron chi connectivity index (χ3n) is 2.45. The summed E-state index contributed by atoms with van der Waals surface area (Å²) >= 11 is 4.97. The molecule has 6 nitrogen and oxygen atoms in total. The Morgan fingerprint density at radius 2 is 2.10 bits per heavy atom. The number of carboxylic acids is 1. The minimum absolute atomic E-state index is 0.115. The average Bonchev–Trinajstić information content (AvgIpc) is 2.71. The van der Waals surface area contributed by atoms with E-state index >= 15 is 0 Å². The molecule has 1 atom stereocenters. The molecule has 8 heteroatoms. The number of urea groups is 1. The van der Waals surface area contributed by atoms with Gasteiger partial charge in [0.25, 0.3) is 0 Å². The highest BCUT2D eigenvalue weighted by molar-refractivity contribution is 9.11. The number of rotatable bonds is 7. The van der Waals surface area contributed by atoms with E-state index in [0.717, 1.165) is 15.1 Å². The molecule has 1 unspecified atom stereocenters. The molecule has 0 aliphatic rings. The number of amides is 2. The number of hydrogen-bond donors (Lipinski definition) is 4. The first-order valence-corrected chi connectivity index (χ1v) is 7.59. The largest absolute Gasteiger partial charge is 0.481 e. The van der Waals surface area contributed by atoms with Crippen molar-refractivity contribution in [3.63, 3.8) is 0 Å². The molecule has 2 amide bonds. The molecular weight excluding hydrogens is 348 g/mol. The van der Waals surface area contributed by atoms with Crippen LogP contribution in [0.5, 0.6) is 0 Å². The fourth-order valence-electron chi connectivity index (χ4n) is 1.51. The maximum absolute atomic E-state index is 11.5. The molecule has 0 aliphatic heterocycles. The van der Waals surface area contributed by atoms with Gasteiger partial charge in [0.05, 0.1) is 15.8 Å². The summed E-state index contributed by atoms with van der Waals surface area (Å²) in [6.07, 6.45) is 0.297. The topological polar surface area (TPSA) is 98.7 Å². The zero-order valence-electron chi connectivity index (χ0n) is 11.0. The minimum atomic E-state index is -1.46. The second kappa shape index (κ2) is 7.61. The maximum Gasteiger partial charge on any atom is 0.314 e. The Kier molecular flexibility index (Phi) is 6.44. The summed E-state index contributed by atoms with van der Waals surface area (Å²) in [6, 6.07) is 3.50. The standard InChI is InChI=1S/C12H17BrN2O4S/c1-12(19,6-10(16)17)7-15-11(18)14-5-4-8-2-3-9(13)20-8/h2-3,19H,4-7H2,1H3,(H,16,17)(H2,14,15,18). The first-order valence-electron chi connectivity index (χ1n) is 5.98. The smallest absolute Gasteiger partial charge is 0.314 e. The van der Waals surface area contributed by atoms with Crippen molar-refractivity contribution in [2.75, 3.05) is 13.1 Å². The van der Waals surface area contributed by atoms with Crippen molar-refractivity contribution in [1.29, 1.82) is 0 Å². The van der Waals surface area contributed by atoms with E-state index in [-0.39, 0.29) is 6.54 Å². The Morgan fingerprint density at radius 3 is 2.65 bits per heavy atom. The van der Waals surface area contributed by atoms with E-state index in [4.69, 9.17) is 5.11 Å². The highest BCUT2D eigenvalue weighted by atomic mass is 79.9. The molecule has 0 saturated carbocycles. The van der Waals surface area contributed by atoms with Crippen molar-refractivity contribution in [1.82, 2.24) is 10.6 Å². The number of carboxylic acid groups (broad SMARTS) is 1. The molecule has 0 radical (unpaired) electrons. The van der Waals surface area contributed by atoms with Crippen LogP contribution < -0.4 is 10.6 Å². The van der Waals surface area contributed by atoms with Gasteiger partial charge in [-0.1, -0.05) is 0 Å². The van der Waals surface area contributed by atoms with E-state index in [2.05, 4.69) is 26.6 Å². The van der Waals surface area contributed by atoms with Gasteiger partial charge in [-0.2, -0.15) is 0 Å². The first kappa shape index (κ1) is 16.9. The van der Waals surface area contributed by atoms with E-state index in [1.165, 1.54) is 6.92 Å². The fourth-order valence-corrected chi connectivity index (χ4v) is 2.99. The van der Waals surface area contributed by atoms with E-state index < -0.39 is 24.0 Å². The number of carbonyl (C=O) groups excluding carboxylic acids is 1. The number of halogens is 1. The van der Waals surface area contributed by atoms with E-state index in [0.29, 0.717) is 6.54 Å². The Hall–Kier alpha value is -1.12. The second-order valence-corrected chi connectivity index (χ2v) is 7.18. The molecular formula is C12H17BrN2O4S. The molecule has 1 aromatic rings. The van der Waals surface area contributed by atoms with Crippen LogP contribution in [0.1, 0.15) is 18.2 Å². The van der Waals surface area contributed by atoms with Crippen LogP contribution in [0, 0.1) is 0 Å². The van der Waals surface area contributed by atoms with Crippen LogP contribution in [0.2, 0.25) is 0 Å². The van der Waals surface area contributed by atoms with Crippen LogP contribution in [0.3, 0.4) is 0 Å². The highest BCUT2D eigenvalue weighted by Crippen LogP contribution is 2.21. The van der Waals surface area contributed by atoms with Gasteiger partial charge in [-0.15, -0.1) is 11.3 Å². The van der Waals surface area contributed by atoms with Gasteiger partial charge in [-0.3, -0.25) is 4.79 Å². The van der Waals surface area contributed by atoms with Gasteiger partial charge in [0.15, 0.2) is 0 Å². The van der Waals surface area contributed by atoms with Crippen LogP contribution in [0.4, 0.5) is 4.79 Å². The second-order valence-electron chi connectivity index (χ2n) is 4.63. The first-order chi connectivity index (χ1) is 9.28. The van der Waals surface area contributed by atoms with Crippen LogP contribution in [-0.4, -0.2) is 40.9 Å². The predicted octanol–water partition coefficient (Wildman–Crippen LogP) is 1.58. The van der Waals surface area contributed by atoms with Gasteiger partial charge in [-0.05, 0) is 41.4 Å². The van der Waals surface area contributed by atoms with Crippen molar-refractivity contribution in [2.45, 2.75) is 25.4 Å². The molecule has 1 heterocycles. The fraction of sp³-hybridized carbons (Fsp3) is 0.500. The summed E-state index contributed by atoms with van der Waals surface area (Å²) in [5, 5.41) is 23.4. The summed E-state index contributed by atoms with van der Waals surface area (Å²) in [6.45, 7) is 1.72. The number of carbonyl (C=O) groups is 2. The van der Waals surface area contributed by atoms with Crippen LogP contribution in [0.15, 0.2) is 15.9 Å². The summed E-state index contributed by atoms with van der Waals surface area (Å²) < 4.78 is 1.04. The van der Waals surface area contributed by atoms with Crippen LogP contribution in [0.25, 0.3) is 0 Å². The normalized spacial score (nSPS) is 13.6. The lowest BCUT2D eigenvalue weighted by molar-refractivity contribution is -0.141. The quantitative estimate of drug-likeness (QED) is 0.590. The molecule has 0 aliphatic carbocycles. The Labute approximate surface area is 129 Å². The molecule has 0 fully saturated rings. The molecule has 0 saturated heterocycles. The number of aliphatic hydroxyl groups is 1. The maximum atomic E-state index is 11.5. The van der Waals surface area contributed by atoms with Gasteiger partial charge in [0, 0.05) is 18.0 Å². The molecule has 20 heavy (non-hydrogen) atoms. The third kappa shape index (κ3) is 6.88. The zero-order chi connectivity index (χ0) is 15.2. The van der Waals surface area contributed by atoms with E-state index in [1.807, 2.05) is 12.1 Å². The summed E-state index contributed by atoms with van der Waals surface area (Å²) in [7, 11) is 0. The van der Waals surface area contributed by atoms with Gasteiger partial charge in [-0.25, -0.2) is 4.79 Å². The Balaban J connectivity index is 2.22. The molecule has 112 valence electrons. The Bertz CT molecular complexity index is 476. The third-order valence-corrected chi connectivity index (χ3v) is 4.13. The lowest BCUT2D eigenvalue weighted by atomic mass is 10.0.